The summed E-state index contributed by atoms with van der Waals surface area (Å²) in [7, 11) is -4.62. The van der Waals surface area contributed by atoms with E-state index >= 15 is 0 Å². The Balaban J connectivity index is 4.39. The first-order valence-electron chi connectivity index (χ1n) is 19.9. The third-order valence-corrected chi connectivity index (χ3v) is 9.22. The van der Waals surface area contributed by atoms with Crippen LogP contribution >= 0.6 is 7.82 Å². The smallest absolute Gasteiger partial charge is 0.462 e. The Morgan fingerprint density at radius 1 is 0.588 bits per heavy atom. The normalized spacial score (nSPS) is 14.4. The van der Waals surface area contributed by atoms with Crippen molar-refractivity contribution in [2.24, 2.45) is 0 Å². The van der Waals surface area contributed by atoms with Gasteiger partial charge in [-0.3, -0.25) is 18.6 Å². The molecule has 0 aromatic heterocycles. The average Bonchev–Trinajstić information content (AvgIpc) is 3.12. The number of carbonyl (C=O) groups excluding carboxylic acids is 2. The summed E-state index contributed by atoms with van der Waals surface area (Å²) in [6.45, 7) is 2.29. The highest BCUT2D eigenvalue weighted by Gasteiger charge is 2.27. The summed E-state index contributed by atoms with van der Waals surface area (Å²) in [5.41, 5.74) is 0. The van der Waals surface area contributed by atoms with Gasteiger partial charge in [-0.1, -0.05) is 127 Å². The molecule has 0 radical (unpaired) electrons. The molecule has 0 aliphatic carbocycles. The molecule has 0 saturated carbocycles. The summed E-state index contributed by atoms with van der Waals surface area (Å²) in [5, 5.41) is 18.3. The summed E-state index contributed by atoms with van der Waals surface area (Å²) in [6, 6.07) is 0. The van der Waals surface area contributed by atoms with E-state index in [1.807, 2.05) is 0 Å². The molecule has 11 heteroatoms. The highest BCUT2D eigenvalue weighted by molar-refractivity contribution is 7.47. The van der Waals surface area contributed by atoms with Gasteiger partial charge in [-0.15, -0.1) is 0 Å². The third-order valence-electron chi connectivity index (χ3n) is 8.27. The van der Waals surface area contributed by atoms with Crippen molar-refractivity contribution in [2.45, 2.75) is 180 Å². The number of rotatable bonds is 37. The molecule has 10 nitrogen and oxygen atoms in total. The van der Waals surface area contributed by atoms with Crippen LogP contribution in [0.5, 0.6) is 0 Å². The predicted molar refractivity (Wildman–Crippen MR) is 205 cm³/mol. The number of unbranched alkanes of at least 4 members (excludes halogenated alkanes) is 17. The first-order chi connectivity index (χ1) is 24.7. The fourth-order valence-corrected chi connectivity index (χ4v) is 5.91. The van der Waals surface area contributed by atoms with E-state index in [0.717, 1.165) is 83.5 Å². The Bertz CT molecular complexity index is 952. The molecule has 0 spiro atoms. The van der Waals surface area contributed by atoms with Crippen molar-refractivity contribution in [3.05, 3.63) is 36.5 Å². The quantitative estimate of drug-likeness (QED) is 0.0243. The summed E-state index contributed by atoms with van der Waals surface area (Å²) >= 11 is 0. The van der Waals surface area contributed by atoms with E-state index in [1.165, 1.54) is 44.9 Å². The van der Waals surface area contributed by atoms with Crippen molar-refractivity contribution in [1.29, 1.82) is 0 Å². The van der Waals surface area contributed by atoms with E-state index in [1.54, 1.807) is 0 Å². The van der Waals surface area contributed by atoms with Crippen LogP contribution in [0.4, 0.5) is 0 Å². The molecular weight excluding hydrogens is 671 g/mol. The zero-order valence-corrected chi connectivity index (χ0v) is 33.0. The fourth-order valence-electron chi connectivity index (χ4n) is 5.12. The van der Waals surface area contributed by atoms with Gasteiger partial charge < -0.3 is 24.6 Å². The van der Waals surface area contributed by atoms with Crippen molar-refractivity contribution in [1.82, 2.24) is 0 Å². The van der Waals surface area contributed by atoms with Gasteiger partial charge in [-0.25, -0.2) is 4.57 Å². The van der Waals surface area contributed by atoms with E-state index in [0.29, 0.717) is 12.8 Å². The molecule has 0 aliphatic rings. The fraction of sp³-hybridized carbons (Fsp3) is 0.800. The molecule has 0 bridgehead atoms. The Kier molecular flexibility index (Phi) is 35.2. The Labute approximate surface area is 310 Å². The van der Waals surface area contributed by atoms with Gasteiger partial charge in [0.1, 0.15) is 12.7 Å². The second-order valence-electron chi connectivity index (χ2n) is 13.3. The van der Waals surface area contributed by atoms with Crippen molar-refractivity contribution in [2.75, 3.05) is 26.4 Å². The first kappa shape index (κ1) is 49.2. The highest BCUT2D eigenvalue weighted by atomic mass is 31.2. The first-order valence-corrected chi connectivity index (χ1v) is 21.4. The molecule has 298 valence electrons. The third kappa shape index (κ3) is 36.3. The number of aliphatic hydroxyl groups is 2. The molecule has 1 unspecified atom stereocenters. The zero-order valence-electron chi connectivity index (χ0n) is 32.1. The SMILES string of the molecule is CCCC/C=C\C/C=C\CCCCCCCC(=O)OC[C@H](COP(=O)(O)OC[C@@H](O)CO)OC(=O)CCCCCCC/C=C\CCCCCCC. The maximum Gasteiger partial charge on any atom is 0.472 e. The Morgan fingerprint density at radius 3 is 1.59 bits per heavy atom. The zero-order chi connectivity index (χ0) is 37.7. The molecule has 0 heterocycles. The van der Waals surface area contributed by atoms with Gasteiger partial charge in [0.2, 0.25) is 0 Å². The molecule has 51 heavy (non-hydrogen) atoms. The number of hydrogen-bond acceptors (Lipinski definition) is 9. The van der Waals surface area contributed by atoms with Gasteiger partial charge in [-0.05, 0) is 64.2 Å². The second kappa shape index (κ2) is 36.5. The van der Waals surface area contributed by atoms with Crippen LogP contribution < -0.4 is 0 Å². The minimum atomic E-state index is -4.62. The lowest BCUT2D eigenvalue weighted by Crippen LogP contribution is -2.29. The number of esters is 2. The lowest BCUT2D eigenvalue weighted by Gasteiger charge is -2.20. The highest BCUT2D eigenvalue weighted by Crippen LogP contribution is 2.43. The number of ether oxygens (including phenoxy) is 2. The molecule has 0 rings (SSSR count). The molecular formula is C40H73O10P. The molecule has 0 aromatic carbocycles. The molecule has 0 amide bonds. The van der Waals surface area contributed by atoms with Gasteiger partial charge in [0, 0.05) is 12.8 Å². The largest absolute Gasteiger partial charge is 0.472 e. The maximum absolute atomic E-state index is 12.6. The van der Waals surface area contributed by atoms with Crippen LogP contribution in [0, 0.1) is 0 Å². The van der Waals surface area contributed by atoms with E-state index in [2.05, 4.69) is 54.8 Å². The summed E-state index contributed by atoms with van der Waals surface area (Å²) < 4.78 is 32.6. The molecule has 3 N–H and O–H groups in total. The average molecular weight is 745 g/mol. The van der Waals surface area contributed by atoms with Crippen molar-refractivity contribution >= 4 is 19.8 Å². The van der Waals surface area contributed by atoms with Crippen LogP contribution in [-0.2, 0) is 32.7 Å². The maximum atomic E-state index is 12.6. The van der Waals surface area contributed by atoms with Crippen LogP contribution in [0.2, 0.25) is 0 Å². The van der Waals surface area contributed by atoms with Gasteiger partial charge in [0.05, 0.1) is 19.8 Å². The van der Waals surface area contributed by atoms with Gasteiger partial charge >= 0.3 is 19.8 Å². The molecule has 0 aromatic rings. The summed E-state index contributed by atoms with van der Waals surface area (Å²) in [6.07, 6.45) is 35.4. The lowest BCUT2D eigenvalue weighted by molar-refractivity contribution is -0.161. The van der Waals surface area contributed by atoms with Gasteiger partial charge in [0.15, 0.2) is 6.10 Å². The minimum Gasteiger partial charge on any atom is -0.462 e. The number of hydrogen-bond donors (Lipinski definition) is 3. The number of phosphoric acid groups is 1. The van der Waals surface area contributed by atoms with Crippen molar-refractivity contribution in [3.63, 3.8) is 0 Å². The van der Waals surface area contributed by atoms with E-state index < -0.39 is 51.8 Å². The van der Waals surface area contributed by atoms with Crippen LogP contribution in [0.25, 0.3) is 0 Å². The van der Waals surface area contributed by atoms with E-state index in [-0.39, 0.29) is 19.4 Å². The molecule has 0 aliphatic heterocycles. The van der Waals surface area contributed by atoms with Gasteiger partial charge in [0.25, 0.3) is 0 Å². The molecule has 0 saturated heterocycles. The van der Waals surface area contributed by atoms with Crippen LogP contribution in [-0.4, -0.2) is 65.7 Å². The monoisotopic (exact) mass is 744 g/mol. The summed E-state index contributed by atoms with van der Waals surface area (Å²) in [5.74, 6) is -0.952. The van der Waals surface area contributed by atoms with Crippen LogP contribution in [0.15, 0.2) is 36.5 Å². The Morgan fingerprint density at radius 2 is 1.04 bits per heavy atom. The van der Waals surface area contributed by atoms with E-state index in [9.17, 15) is 24.2 Å². The summed E-state index contributed by atoms with van der Waals surface area (Å²) in [4.78, 5) is 34.9. The van der Waals surface area contributed by atoms with Crippen molar-refractivity contribution < 1.29 is 47.8 Å². The molecule has 0 fully saturated rings. The number of carbonyl (C=O) groups is 2. The minimum absolute atomic E-state index is 0.171. The van der Waals surface area contributed by atoms with E-state index in [4.69, 9.17) is 19.1 Å². The number of allylic oxidation sites excluding steroid dienone is 6. The standard InChI is InChI=1S/C40H73O10P/c1-3-5-7-9-11-13-15-17-19-21-23-25-27-29-31-39(43)47-35-38(36-49-51(45,46)48-34-37(42)33-41)50-40(44)32-30-28-26-24-22-20-18-16-14-12-10-8-6-4-2/h9,11,15-18,37-38,41-42H,3-8,10,12-14,19-36H2,1-2H3,(H,45,46)/b11-9-,17-15-,18-16-/t37-,38+/m0/s1. The number of aliphatic hydroxyl groups excluding tert-OH is 2. The topological polar surface area (TPSA) is 149 Å². The molecule has 3 atom stereocenters. The second-order valence-corrected chi connectivity index (χ2v) is 14.8. The van der Waals surface area contributed by atoms with Crippen LogP contribution in [0.1, 0.15) is 168 Å². The predicted octanol–water partition coefficient (Wildman–Crippen LogP) is 10.00. The number of phosphoric ester groups is 1. The van der Waals surface area contributed by atoms with Crippen LogP contribution in [0.3, 0.4) is 0 Å². The van der Waals surface area contributed by atoms with Crippen molar-refractivity contribution in [3.8, 4) is 0 Å². The lowest BCUT2D eigenvalue weighted by atomic mass is 10.1. The Hall–Kier alpha value is -1.81. The van der Waals surface area contributed by atoms with Gasteiger partial charge in [-0.2, -0.15) is 0 Å².